The van der Waals surface area contributed by atoms with Crippen molar-refractivity contribution in [3.63, 3.8) is 0 Å². The number of nitrogens with zero attached hydrogens (tertiary/aromatic N) is 2. The molecule has 0 radical (unpaired) electrons. The summed E-state index contributed by atoms with van der Waals surface area (Å²) in [6.07, 6.45) is 3.15. The van der Waals surface area contributed by atoms with Crippen LogP contribution in [0.4, 0.5) is 4.39 Å². The second-order valence-corrected chi connectivity index (χ2v) is 4.01. The van der Waals surface area contributed by atoms with Crippen molar-refractivity contribution in [2.24, 2.45) is 0 Å². The highest BCUT2D eigenvalue weighted by atomic mass is 19.1. The van der Waals surface area contributed by atoms with Gasteiger partial charge >= 0.3 is 0 Å². The molecule has 19 heavy (non-hydrogen) atoms. The zero-order valence-corrected chi connectivity index (χ0v) is 10.0. The maximum absolute atomic E-state index is 12.7. The summed E-state index contributed by atoms with van der Waals surface area (Å²) in [5, 5.41) is 9.05. The average molecular weight is 258 g/mol. The van der Waals surface area contributed by atoms with E-state index in [4.69, 9.17) is 9.68 Å². The molecular weight excluding hydrogens is 247 g/mol. The first-order valence-corrected chi connectivity index (χ1v) is 5.77. The van der Waals surface area contributed by atoms with Crippen molar-refractivity contribution < 1.29 is 13.6 Å². The first-order valence-electron chi connectivity index (χ1n) is 5.77. The molecule has 4 nitrogen and oxygen atoms in total. The standard InChI is InChI=1S/C14H11FN2O2/c15-10-3-5-13(17-9-10)12(8-16)14(18)6-4-11-2-1-7-19-11/h1-3,5,7,9,12H,4,6H2/t12-/m0/s1. The fraction of sp³-hybridized carbons (Fsp3) is 0.214. The third-order valence-electron chi connectivity index (χ3n) is 2.70. The lowest BCUT2D eigenvalue weighted by Crippen LogP contribution is -2.13. The summed E-state index contributed by atoms with van der Waals surface area (Å²) in [7, 11) is 0. The molecule has 0 aliphatic rings. The Labute approximate surface area is 109 Å². The molecular formula is C14H11FN2O2. The molecule has 96 valence electrons. The summed E-state index contributed by atoms with van der Waals surface area (Å²) in [6.45, 7) is 0. The Hall–Kier alpha value is -2.48. The molecule has 2 aromatic rings. The van der Waals surface area contributed by atoms with Crippen molar-refractivity contribution in [1.82, 2.24) is 4.98 Å². The van der Waals surface area contributed by atoms with Gasteiger partial charge in [0.1, 0.15) is 17.5 Å². The van der Waals surface area contributed by atoms with Gasteiger partial charge in [0, 0.05) is 12.8 Å². The minimum Gasteiger partial charge on any atom is -0.469 e. The first-order chi connectivity index (χ1) is 9.20. The summed E-state index contributed by atoms with van der Waals surface area (Å²) < 4.78 is 17.9. The second-order valence-electron chi connectivity index (χ2n) is 4.01. The van der Waals surface area contributed by atoms with Gasteiger partial charge in [-0.3, -0.25) is 9.78 Å². The quantitative estimate of drug-likeness (QED) is 0.826. The van der Waals surface area contributed by atoms with Gasteiger partial charge < -0.3 is 4.42 Å². The van der Waals surface area contributed by atoms with Crippen LogP contribution in [0.2, 0.25) is 0 Å². The van der Waals surface area contributed by atoms with E-state index in [0.717, 1.165) is 6.20 Å². The van der Waals surface area contributed by atoms with Gasteiger partial charge in [-0.2, -0.15) is 5.26 Å². The van der Waals surface area contributed by atoms with Gasteiger partial charge in [0.2, 0.25) is 0 Å². The van der Waals surface area contributed by atoms with Crippen LogP contribution in [-0.4, -0.2) is 10.8 Å². The number of nitriles is 1. The minimum absolute atomic E-state index is 0.185. The number of halogens is 1. The number of carbonyl (C=O) groups excluding carboxylic acids is 1. The monoisotopic (exact) mass is 258 g/mol. The van der Waals surface area contributed by atoms with E-state index in [9.17, 15) is 9.18 Å². The van der Waals surface area contributed by atoms with E-state index in [2.05, 4.69) is 4.98 Å². The van der Waals surface area contributed by atoms with E-state index in [1.54, 1.807) is 12.1 Å². The zero-order chi connectivity index (χ0) is 13.7. The van der Waals surface area contributed by atoms with Crippen LogP contribution in [0.25, 0.3) is 0 Å². The lowest BCUT2D eigenvalue weighted by Gasteiger charge is -2.06. The Bertz CT molecular complexity index is 585. The van der Waals surface area contributed by atoms with E-state index >= 15 is 0 Å². The zero-order valence-electron chi connectivity index (χ0n) is 10.0. The molecule has 0 aliphatic heterocycles. The smallest absolute Gasteiger partial charge is 0.156 e. The van der Waals surface area contributed by atoms with E-state index in [1.165, 1.54) is 18.4 Å². The number of rotatable bonds is 5. The van der Waals surface area contributed by atoms with Crippen molar-refractivity contribution in [3.8, 4) is 6.07 Å². The SMILES string of the molecule is N#C[C@H](C(=O)CCc1ccco1)c1ccc(F)cn1. The predicted molar refractivity (Wildman–Crippen MR) is 64.6 cm³/mol. The molecule has 0 saturated carbocycles. The van der Waals surface area contributed by atoms with Crippen LogP contribution in [0.3, 0.4) is 0 Å². The average Bonchev–Trinajstić information content (AvgIpc) is 2.92. The van der Waals surface area contributed by atoms with Gasteiger partial charge in [-0.05, 0) is 24.3 Å². The van der Waals surface area contributed by atoms with Crippen LogP contribution in [0.5, 0.6) is 0 Å². The highest BCUT2D eigenvalue weighted by Gasteiger charge is 2.21. The number of pyridine rings is 1. The molecule has 0 bridgehead atoms. The maximum atomic E-state index is 12.7. The largest absolute Gasteiger partial charge is 0.469 e. The Morgan fingerprint density at radius 3 is 2.89 bits per heavy atom. The van der Waals surface area contributed by atoms with E-state index < -0.39 is 11.7 Å². The fourth-order valence-corrected chi connectivity index (χ4v) is 1.71. The third-order valence-corrected chi connectivity index (χ3v) is 2.70. The maximum Gasteiger partial charge on any atom is 0.156 e. The Balaban J connectivity index is 2.03. The Morgan fingerprint density at radius 1 is 1.47 bits per heavy atom. The molecule has 2 aromatic heterocycles. The van der Waals surface area contributed by atoms with Crippen molar-refractivity contribution >= 4 is 5.78 Å². The summed E-state index contributed by atoms with van der Waals surface area (Å²) in [5.41, 5.74) is 0.272. The van der Waals surface area contributed by atoms with Crippen LogP contribution in [0.1, 0.15) is 23.8 Å². The molecule has 0 unspecified atom stereocenters. The number of aromatic nitrogens is 1. The fourth-order valence-electron chi connectivity index (χ4n) is 1.71. The van der Waals surface area contributed by atoms with Crippen LogP contribution in [-0.2, 0) is 11.2 Å². The van der Waals surface area contributed by atoms with Gasteiger partial charge in [-0.25, -0.2) is 4.39 Å². The van der Waals surface area contributed by atoms with Crippen LogP contribution in [0, 0.1) is 17.1 Å². The summed E-state index contributed by atoms with van der Waals surface area (Å²) >= 11 is 0. The molecule has 5 heteroatoms. The van der Waals surface area contributed by atoms with Crippen LogP contribution in [0.15, 0.2) is 41.1 Å². The number of ketones is 1. The van der Waals surface area contributed by atoms with Crippen LogP contribution >= 0.6 is 0 Å². The summed E-state index contributed by atoms with van der Waals surface area (Å²) in [6, 6.07) is 7.95. The van der Waals surface area contributed by atoms with Gasteiger partial charge in [0.05, 0.1) is 24.2 Å². The number of furan rings is 1. The molecule has 0 spiro atoms. The number of hydrogen-bond donors (Lipinski definition) is 0. The van der Waals surface area contributed by atoms with Crippen LogP contribution < -0.4 is 0 Å². The molecule has 0 aromatic carbocycles. The minimum atomic E-state index is -0.962. The summed E-state index contributed by atoms with van der Waals surface area (Å²) in [5.74, 6) is -1.02. The molecule has 0 aliphatic carbocycles. The second kappa shape index (κ2) is 5.91. The van der Waals surface area contributed by atoms with Crippen molar-refractivity contribution in [1.29, 1.82) is 5.26 Å². The predicted octanol–water partition coefficient (Wildman–Crippen LogP) is 2.62. The van der Waals surface area contributed by atoms with Crippen molar-refractivity contribution in [3.05, 3.63) is 54.0 Å². The van der Waals surface area contributed by atoms with Crippen molar-refractivity contribution in [2.75, 3.05) is 0 Å². The number of carbonyl (C=O) groups is 1. The highest BCUT2D eigenvalue weighted by molar-refractivity contribution is 5.88. The third kappa shape index (κ3) is 3.26. The summed E-state index contributed by atoms with van der Waals surface area (Å²) in [4.78, 5) is 15.7. The molecule has 2 heterocycles. The van der Waals surface area contributed by atoms with Crippen molar-refractivity contribution in [2.45, 2.75) is 18.8 Å². The van der Waals surface area contributed by atoms with Gasteiger partial charge in [0.15, 0.2) is 5.78 Å². The Kier molecular flexibility index (Phi) is 4.04. The molecule has 2 rings (SSSR count). The Morgan fingerprint density at radius 2 is 2.32 bits per heavy atom. The topological polar surface area (TPSA) is 66.9 Å². The number of Topliss-reactive ketones (excluding diaryl/α,β-unsaturated/α-hetero) is 1. The number of aryl methyl sites for hydroxylation is 1. The molecule has 0 saturated heterocycles. The van der Waals surface area contributed by atoms with E-state index in [0.29, 0.717) is 12.2 Å². The first kappa shape index (κ1) is 13.0. The van der Waals surface area contributed by atoms with E-state index in [-0.39, 0.29) is 17.9 Å². The lowest BCUT2D eigenvalue weighted by molar-refractivity contribution is -0.119. The highest BCUT2D eigenvalue weighted by Crippen LogP contribution is 2.17. The molecule has 0 fully saturated rings. The lowest BCUT2D eigenvalue weighted by atomic mass is 9.97. The number of hydrogen-bond acceptors (Lipinski definition) is 4. The normalized spacial score (nSPS) is 11.8. The molecule has 0 N–H and O–H groups in total. The molecule has 1 atom stereocenters. The molecule has 0 amide bonds. The van der Waals surface area contributed by atoms with E-state index in [1.807, 2.05) is 6.07 Å². The van der Waals surface area contributed by atoms with Gasteiger partial charge in [-0.1, -0.05) is 0 Å². The van der Waals surface area contributed by atoms with Gasteiger partial charge in [0.25, 0.3) is 0 Å². The van der Waals surface area contributed by atoms with Gasteiger partial charge in [-0.15, -0.1) is 0 Å².